The highest BCUT2D eigenvalue weighted by Gasteiger charge is 2.29. The highest BCUT2D eigenvalue weighted by Crippen LogP contribution is 2.26. The lowest BCUT2D eigenvalue weighted by molar-refractivity contribution is 0.0558. The van der Waals surface area contributed by atoms with Crippen molar-refractivity contribution >= 4 is 29.1 Å². The van der Waals surface area contributed by atoms with Gasteiger partial charge in [-0.15, -0.1) is 11.3 Å². The molecule has 0 spiro atoms. The van der Waals surface area contributed by atoms with Crippen LogP contribution in [0.1, 0.15) is 36.1 Å². The number of carbonyl (C=O) groups is 3. The van der Waals surface area contributed by atoms with Gasteiger partial charge < -0.3 is 13.9 Å². The van der Waals surface area contributed by atoms with E-state index in [0.717, 1.165) is 11.3 Å². The third-order valence-electron chi connectivity index (χ3n) is 2.54. The molecule has 0 N–H and O–H groups in total. The van der Waals surface area contributed by atoms with E-state index in [4.69, 9.17) is 4.42 Å². The third kappa shape index (κ3) is 2.35. The molecular weight excluding hydrogens is 284 g/mol. The molecule has 0 aliphatic rings. The first-order chi connectivity index (χ1) is 9.60. The predicted octanol–water partition coefficient (Wildman–Crippen LogP) is 2.15. The molecule has 0 aliphatic carbocycles. The second-order valence-corrected chi connectivity index (χ2v) is 4.52. The normalized spacial score (nSPS) is 10.1. The van der Waals surface area contributed by atoms with E-state index in [9.17, 15) is 14.4 Å². The summed E-state index contributed by atoms with van der Waals surface area (Å²) in [5.74, 6) is -1.90. The van der Waals surface area contributed by atoms with Crippen LogP contribution in [0.3, 0.4) is 0 Å². The zero-order chi connectivity index (χ0) is 14.7. The van der Waals surface area contributed by atoms with Crippen LogP contribution in [0.4, 0.5) is 0 Å². The summed E-state index contributed by atoms with van der Waals surface area (Å²) >= 11 is 0.940. The first-order valence-corrected chi connectivity index (χ1v) is 6.34. The second-order valence-electron chi connectivity index (χ2n) is 3.64. The Morgan fingerprint density at radius 2 is 1.85 bits per heavy atom. The molecule has 0 amide bonds. The van der Waals surface area contributed by atoms with Crippen LogP contribution in [0, 0.1) is 0 Å². The number of methoxy groups -OCH3 is 2. The van der Waals surface area contributed by atoms with Gasteiger partial charge in [-0.25, -0.2) is 9.59 Å². The monoisotopic (exact) mass is 294 g/mol. The number of ketones is 1. The topological polar surface area (TPSA) is 82.8 Å². The van der Waals surface area contributed by atoms with Crippen molar-refractivity contribution in [2.45, 2.75) is 0 Å². The molecule has 0 radical (unpaired) electrons. The van der Waals surface area contributed by atoms with E-state index in [1.165, 1.54) is 31.9 Å². The van der Waals surface area contributed by atoms with Crippen molar-refractivity contribution in [1.82, 2.24) is 0 Å². The molecular formula is C13H10O6S. The van der Waals surface area contributed by atoms with Crippen LogP contribution in [0.5, 0.6) is 0 Å². The maximum Gasteiger partial charge on any atom is 0.348 e. The van der Waals surface area contributed by atoms with Crippen molar-refractivity contribution in [3.63, 3.8) is 0 Å². The van der Waals surface area contributed by atoms with Gasteiger partial charge in [0.1, 0.15) is 4.88 Å². The summed E-state index contributed by atoms with van der Waals surface area (Å²) < 4.78 is 14.2. The van der Waals surface area contributed by atoms with Gasteiger partial charge in [-0.05, 0) is 12.1 Å². The predicted molar refractivity (Wildman–Crippen MR) is 69.1 cm³/mol. The zero-order valence-corrected chi connectivity index (χ0v) is 11.5. The molecule has 0 saturated carbocycles. The molecule has 20 heavy (non-hydrogen) atoms. The SMILES string of the molecule is COC(=O)c1scc(C(=O)c2ccco2)c1C(=O)OC. The van der Waals surface area contributed by atoms with Crippen LogP contribution in [-0.4, -0.2) is 31.9 Å². The Morgan fingerprint density at radius 1 is 1.15 bits per heavy atom. The minimum absolute atomic E-state index is 0.0225. The number of furan rings is 1. The Bertz CT molecular complexity index is 652. The van der Waals surface area contributed by atoms with Crippen LogP contribution in [0.2, 0.25) is 0 Å². The summed E-state index contributed by atoms with van der Waals surface area (Å²) in [5.41, 5.74) is -0.0528. The highest BCUT2D eigenvalue weighted by molar-refractivity contribution is 7.12. The Hall–Kier alpha value is -2.41. The van der Waals surface area contributed by atoms with Crippen molar-refractivity contribution in [2.24, 2.45) is 0 Å². The molecule has 104 valence electrons. The fourth-order valence-corrected chi connectivity index (χ4v) is 2.56. The Kier molecular flexibility index (Phi) is 3.99. The molecule has 0 atom stereocenters. The minimum atomic E-state index is -0.776. The van der Waals surface area contributed by atoms with Crippen LogP contribution < -0.4 is 0 Å². The number of carbonyl (C=O) groups excluding carboxylic acids is 3. The van der Waals surface area contributed by atoms with Crippen molar-refractivity contribution in [2.75, 3.05) is 14.2 Å². The average Bonchev–Trinajstić information content (AvgIpc) is 3.13. The zero-order valence-electron chi connectivity index (χ0n) is 10.7. The number of hydrogen-bond donors (Lipinski definition) is 0. The van der Waals surface area contributed by atoms with Crippen LogP contribution >= 0.6 is 11.3 Å². The smallest absolute Gasteiger partial charge is 0.348 e. The minimum Gasteiger partial charge on any atom is -0.465 e. The van der Waals surface area contributed by atoms with E-state index >= 15 is 0 Å². The van der Waals surface area contributed by atoms with Crippen LogP contribution in [0.25, 0.3) is 0 Å². The van der Waals surface area contributed by atoms with Gasteiger partial charge in [0.2, 0.25) is 5.78 Å². The summed E-state index contributed by atoms with van der Waals surface area (Å²) in [5, 5.41) is 1.41. The fraction of sp³-hybridized carbons (Fsp3) is 0.154. The molecule has 2 aromatic heterocycles. The molecule has 0 aliphatic heterocycles. The summed E-state index contributed by atoms with van der Waals surface area (Å²) in [7, 11) is 2.36. The Labute approximate surface area is 117 Å². The molecule has 6 nitrogen and oxygen atoms in total. The van der Waals surface area contributed by atoms with Gasteiger partial charge in [0.15, 0.2) is 5.76 Å². The van der Waals surface area contributed by atoms with E-state index in [1.807, 2.05) is 0 Å². The second kappa shape index (κ2) is 5.70. The van der Waals surface area contributed by atoms with Crippen molar-refractivity contribution in [1.29, 1.82) is 0 Å². The lowest BCUT2D eigenvalue weighted by atomic mass is 10.1. The Balaban J connectivity index is 2.54. The van der Waals surface area contributed by atoms with Gasteiger partial charge in [0.05, 0.1) is 31.6 Å². The maximum atomic E-state index is 12.2. The average molecular weight is 294 g/mol. The standard InChI is InChI=1S/C13H10O6S/c1-17-12(15)9-7(6-20-11(9)13(16)18-2)10(14)8-4-3-5-19-8/h3-6H,1-2H3. The maximum absolute atomic E-state index is 12.2. The van der Waals surface area contributed by atoms with Crippen LogP contribution in [-0.2, 0) is 9.47 Å². The summed E-state index contributed by atoms with van der Waals surface area (Å²) in [6.45, 7) is 0. The summed E-state index contributed by atoms with van der Waals surface area (Å²) in [6.07, 6.45) is 1.35. The quantitative estimate of drug-likeness (QED) is 0.634. The molecule has 0 unspecified atom stereocenters. The van der Waals surface area contributed by atoms with Gasteiger partial charge in [0, 0.05) is 5.38 Å². The first kappa shape index (κ1) is 14.0. The summed E-state index contributed by atoms with van der Waals surface area (Å²) in [4.78, 5) is 35.7. The van der Waals surface area contributed by atoms with Crippen molar-refractivity contribution in [3.8, 4) is 0 Å². The molecule has 2 aromatic rings. The van der Waals surface area contributed by atoms with Gasteiger partial charge in [-0.3, -0.25) is 4.79 Å². The largest absolute Gasteiger partial charge is 0.465 e. The molecule has 2 rings (SSSR count). The van der Waals surface area contributed by atoms with Crippen molar-refractivity contribution < 1.29 is 28.3 Å². The fourth-order valence-electron chi connectivity index (χ4n) is 1.61. The van der Waals surface area contributed by atoms with E-state index < -0.39 is 17.7 Å². The number of rotatable bonds is 4. The van der Waals surface area contributed by atoms with Gasteiger partial charge >= 0.3 is 11.9 Å². The number of hydrogen-bond acceptors (Lipinski definition) is 7. The van der Waals surface area contributed by atoms with Gasteiger partial charge in [-0.2, -0.15) is 0 Å². The van der Waals surface area contributed by atoms with E-state index in [-0.39, 0.29) is 21.8 Å². The van der Waals surface area contributed by atoms with Crippen LogP contribution in [0.15, 0.2) is 28.2 Å². The lowest BCUT2D eigenvalue weighted by Gasteiger charge is -2.03. The van der Waals surface area contributed by atoms with Crippen molar-refractivity contribution in [3.05, 3.63) is 45.5 Å². The van der Waals surface area contributed by atoms with E-state index in [1.54, 1.807) is 6.07 Å². The lowest BCUT2D eigenvalue weighted by Crippen LogP contribution is -2.13. The molecule has 7 heteroatoms. The summed E-state index contributed by atoms with van der Waals surface area (Å²) in [6, 6.07) is 3.03. The van der Waals surface area contributed by atoms with Gasteiger partial charge in [0.25, 0.3) is 0 Å². The number of ether oxygens (including phenoxy) is 2. The molecule has 2 heterocycles. The third-order valence-corrected chi connectivity index (χ3v) is 3.50. The Morgan fingerprint density at radius 3 is 2.40 bits per heavy atom. The molecule has 0 saturated heterocycles. The van der Waals surface area contributed by atoms with E-state index in [0.29, 0.717) is 0 Å². The van der Waals surface area contributed by atoms with Gasteiger partial charge in [-0.1, -0.05) is 0 Å². The molecule has 0 aromatic carbocycles. The van der Waals surface area contributed by atoms with E-state index in [2.05, 4.69) is 9.47 Å². The first-order valence-electron chi connectivity index (χ1n) is 5.46. The molecule has 0 bridgehead atoms. The highest BCUT2D eigenvalue weighted by atomic mass is 32.1. The number of esters is 2. The molecule has 0 fully saturated rings. The number of thiophene rings is 1.